The Morgan fingerprint density at radius 1 is 1.00 bits per heavy atom. The highest BCUT2D eigenvalue weighted by Gasteiger charge is 2.27. The van der Waals surface area contributed by atoms with E-state index in [0.29, 0.717) is 11.3 Å². The molecule has 0 saturated carbocycles. The van der Waals surface area contributed by atoms with Crippen molar-refractivity contribution in [1.82, 2.24) is 4.90 Å². The zero-order valence-corrected chi connectivity index (χ0v) is 13.5. The van der Waals surface area contributed by atoms with Gasteiger partial charge in [0.2, 0.25) is 0 Å². The van der Waals surface area contributed by atoms with E-state index in [1.165, 1.54) is 0 Å². The third kappa shape index (κ3) is 2.88. The molecule has 1 amide bonds. The minimum atomic E-state index is -0.0637. The maximum absolute atomic E-state index is 13.0. The summed E-state index contributed by atoms with van der Waals surface area (Å²) in [6.07, 6.45) is 1.83. The van der Waals surface area contributed by atoms with Gasteiger partial charge in [-0.3, -0.25) is 4.79 Å². The topological polar surface area (TPSA) is 35.9 Å². The van der Waals surface area contributed by atoms with Crippen molar-refractivity contribution in [3.63, 3.8) is 0 Å². The second-order valence-electron chi connectivity index (χ2n) is 5.69. The van der Waals surface area contributed by atoms with Gasteiger partial charge >= 0.3 is 0 Å². The summed E-state index contributed by atoms with van der Waals surface area (Å²) in [5.41, 5.74) is 3.82. The van der Waals surface area contributed by atoms with E-state index in [1.807, 2.05) is 79.8 Å². The summed E-state index contributed by atoms with van der Waals surface area (Å²) in [6.45, 7) is 0. The van der Waals surface area contributed by atoms with Crippen molar-refractivity contribution in [2.75, 3.05) is 26.0 Å². The van der Waals surface area contributed by atoms with Gasteiger partial charge in [0.05, 0.1) is 22.7 Å². The van der Waals surface area contributed by atoms with Crippen molar-refractivity contribution in [2.24, 2.45) is 4.99 Å². The Balaban J connectivity index is 2.27. The summed E-state index contributed by atoms with van der Waals surface area (Å²) in [6, 6.07) is 17.5. The molecule has 0 spiro atoms. The highest BCUT2D eigenvalue weighted by molar-refractivity contribution is 6.33. The molecule has 2 aromatic rings. The van der Waals surface area contributed by atoms with Crippen LogP contribution in [0.2, 0.25) is 0 Å². The third-order valence-electron chi connectivity index (χ3n) is 3.70. The molecular weight excluding hydrogens is 286 g/mol. The van der Waals surface area contributed by atoms with Crippen molar-refractivity contribution >= 4 is 23.0 Å². The smallest absolute Gasteiger partial charge is 0.261 e. The number of amides is 1. The molecule has 0 atom stereocenters. The number of nitrogens with zero attached hydrogens (tertiary/aromatic N) is 3. The summed E-state index contributed by atoms with van der Waals surface area (Å²) in [4.78, 5) is 21.3. The van der Waals surface area contributed by atoms with E-state index in [9.17, 15) is 4.79 Å². The Morgan fingerprint density at radius 3 is 2.35 bits per heavy atom. The number of likely N-dealkylation sites (N-methyl/N-ethyl adjacent to an activating group) is 1. The predicted molar refractivity (Wildman–Crippen MR) is 94.3 cm³/mol. The number of aliphatic imine (C=N–C) groups is 1. The molecule has 0 aliphatic carbocycles. The largest absolute Gasteiger partial charge is 0.383 e. The van der Waals surface area contributed by atoms with E-state index in [1.54, 1.807) is 11.9 Å². The SMILES string of the molecule is CN(C)/C=C1\C(=O)N(C)c2ccccc2N=C1c1ccccc1. The second-order valence-corrected chi connectivity index (χ2v) is 5.69. The van der Waals surface area contributed by atoms with Gasteiger partial charge in [-0.15, -0.1) is 0 Å². The number of hydrogen-bond donors (Lipinski definition) is 0. The molecule has 0 radical (unpaired) electrons. The highest BCUT2D eigenvalue weighted by Crippen LogP contribution is 2.33. The monoisotopic (exact) mass is 305 g/mol. The maximum Gasteiger partial charge on any atom is 0.261 e. The van der Waals surface area contributed by atoms with Crippen LogP contribution in [0.3, 0.4) is 0 Å². The van der Waals surface area contributed by atoms with Gasteiger partial charge in [-0.1, -0.05) is 42.5 Å². The molecule has 0 N–H and O–H groups in total. The third-order valence-corrected chi connectivity index (χ3v) is 3.70. The van der Waals surface area contributed by atoms with E-state index in [4.69, 9.17) is 4.99 Å². The first-order valence-corrected chi connectivity index (χ1v) is 7.48. The Bertz CT molecular complexity index is 791. The Hall–Kier alpha value is -2.88. The molecule has 0 aromatic heterocycles. The highest BCUT2D eigenvalue weighted by atomic mass is 16.2. The second kappa shape index (κ2) is 6.08. The van der Waals surface area contributed by atoms with Gasteiger partial charge in [-0.2, -0.15) is 0 Å². The number of fused-ring (bicyclic) bond motifs is 1. The first kappa shape index (κ1) is 15.0. The number of benzene rings is 2. The molecule has 1 aliphatic heterocycles. The van der Waals surface area contributed by atoms with Crippen LogP contribution in [-0.4, -0.2) is 37.7 Å². The molecule has 0 fully saturated rings. The summed E-state index contributed by atoms with van der Waals surface area (Å²) in [5.74, 6) is -0.0637. The Labute approximate surface area is 136 Å². The van der Waals surface area contributed by atoms with Gasteiger partial charge < -0.3 is 9.80 Å². The number of carbonyl (C=O) groups is 1. The average molecular weight is 305 g/mol. The van der Waals surface area contributed by atoms with Crippen LogP contribution in [0.4, 0.5) is 11.4 Å². The Morgan fingerprint density at radius 2 is 1.65 bits per heavy atom. The molecule has 116 valence electrons. The standard InChI is InChI=1S/C19H19N3O/c1-21(2)13-15-18(14-9-5-4-6-10-14)20-16-11-7-8-12-17(16)22(3)19(15)23/h4-13H,1-3H3/b15-13-. The Kier molecular flexibility index (Phi) is 3.98. The van der Waals surface area contributed by atoms with Crippen LogP contribution in [0.15, 0.2) is 71.4 Å². The fraction of sp³-hybridized carbons (Fsp3) is 0.158. The van der Waals surface area contributed by atoms with Crippen molar-refractivity contribution in [3.05, 3.63) is 71.9 Å². The molecule has 2 aromatic carbocycles. The van der Waals surface area contributed by atoms with E-state index < -0.39 is 0 Å². The zero-order chi connectivity index (χ0) is 16.4. The number of anilines is 1. The van der Waals surface area contributed by atoms with Crippen molar-refractivity contribution in [2.45, 2.75) is 0 Å². The van der Waals surface area contributed by atoms with Gasteiger partial charge in [0.15, 0.2) is 0 Å². The molecule has 0 unspecified atom stereocenters. The molecule has 1 aliphatic rings. The lowest BCUT2D eigenvalue weighted by atomic mass is 10.0. The van der Waals surface area contributed by atoms with Gasteiger partial charge in [0.1, 0.15) is 0 Å². The van der Waals surface area contributed by atoms with Crippen molar-refractivity contribution in [3.8, 4) is 0 Å². The van der Waals surface area contributed by atoms with E-state index in [-0.39, 0.29) is 5.91 Å². The van der Waals surface area contributed by atoms with Crippen LogP contribution in [0.5, 0.6) is 0 Å². The van der Waals surface area contributed by atoms with Crippen LogP contribution >= 0.6 is 0 Å². The van der Waals surface area contributed by atoms with Crippen LogP contribution in [0.25, 0.3) is 0 Å². The fourth-order valence-corrected chi connectivity index (χ4v) is 2.61. The molecular formula is C19H19N3O. The minimum absolute atomic E-state index is 0.0637. The van der Waals surface area contributed by atoms with E-state index in [2.05, 4.69) is 0 Å². The number of para-hydroxylation sites is 2. The molecule has 4 nitrogen and oxygen atoms in total. The lowest BCUT2D eigenvalue weighted by molar-refractivity contribution is -0.114. The summed E-state index contributed by atoms with van der Waals surface area (Å²) in [7, 11) is 5.59. The van der Waals surface area contributed by atoms with Gasteiger partial charge in [-0.05, 0) is 12.1 Å². The maximum atomic E-state index is 13.0. The number of rotatable bonds is 2. The minimum Gasteiger partial charge on any atom is -0.383 e. The lowest BCUT2D eigenvalue weighted by Gasteiger charge is -2.18. The first-order chi connectivity index (χ1) is 11.1. The summed E-state index contributed by atoms with van der Waals surface area (Å²) >= 11 is 0. The van der Waals surface area contributed by atoms with E-state index in [0.717, 1.165) is 16.9 Å². The number of carbonyl (C=O) groups excluding carboxylic acids is 1. The molecule has 3 rings (SSSR count). The molecule has 0 bridgehead atoms. The van der Waals surface area contributed by atoms with Gasteiger partial charge in [0.25, 0.3) is 5.91 Å². The van der Waals surface area contributed by atoms with Crippen LogP contribution in [-0.2, 0) is 4.79 Å². The lowest BCUT2D eigenvalue weighted by Crippen LogP contribution is -2.30. The van der Waals surface area contributed by atoms with Crippen LogP contribution in [0.1, 0.15) is 5.56 Å². The summed E-state index contributed by atoms with van der Waals surface area (Å²) < 4.78 is 0. The van der Waals surface area contributed by atoms with Crippen molar-refractivity contribution in [1.29, 1.82) is 0 Å². The molecule has 0 saturated heterocycles. The van der Waals surface area contributed by atoms with Gasteiger partial charge in [-0.25, -0.2) is 4.99 Å². The van der Waals surface area contributed by atoms with Crippen LogP contribution < -0.4 is 4.90 Å². The normalized spacial score (nSPS) is 16.0. The van der Waals surface area contributed by atoms with E-state index >= 15 is 0 Å². The van der Waals surface area contributed by atoms with Crippen LogP contribution in [0, 0.1) is 0 Å². The van der Waals surface area contributed by atoms with Crippen molar-refractivity contribution < 1.29 is 4.79 Å². The molecule has 23 heavy (non-hydrogen) atoms. The molecule has 4 heteroatoms. The quantitative estimate of drug-likeness (QED) is 0.799. The fourth-order valence-electron chi connectivity index (χ4n) is 2.61. The predicted octanol–water partition coefficient (Wildman–Crippen LogP) is 3.23. The van der Waals surface area contributed by atoms with Gasteiger partial charge in [0, 0.05) is 32.9 Å². The zero-order valence-electron chi connectivity index (χ0n) is 13.5. The average Bonchev–Trinajstić information content (AvgIpc) is 2.66. The molecule has 1 heterocycles. The number of hydrogen-bond acceptors (Lipinski definition) is 3. The summed E-state index contributed by atoms with van der Waals surface area (Å²) in [5, 5.41) is 0. The first-order valence-electron chi connectivity index (χ1n) is 7.48.